The highest BCUT2D eigenvalue weighted by molar-refractivity contribution is 5.75. The summed E-state index contributed by atoms with van der Waals surface area (Å²) in [6.07, 6.45) is 1.14. The summed E-state index contributed by atoms with van der Waals surface area (Å²) in [6.45, 7) is 4.46. The molecule has 2 nitrogen and oxygen atoms in total. The number of imidazole rings is 1. The molecule has 2 rings (SSSR count). The number of para-hydroxylation sites is 2. The van der Waals surface area contributed by atoms with Crippen molar-refractivity contribution in [2.45, 2.75) is 45.7 Å². The summed E-state index contributed by atoms with van der Waals surface area (Å²) in [7, 11) is 1.36. The molecule has 0 aliphatic rings. The third-order valence-electron chi connectivity index (χ3n) is 3.00. The van der Waals surface area contributed by atoms with E-state index in [1.165, 1.54) is 32.7 Å². The maximum absolute atomic E-state index is 12.4. The summed E-state index contributed by atoms with van der Waals surface area (Å²) < 4.78 is 38.3. The maximum Gasteiger partial charge on any atom is 0.449 e. The monoisotopic (exact) mass is 286 g/mol. The van der Waals surface area contributed by atoms with Gasteiger partial charge in [-0.25, -0.2) is 4.98 Å². The molecule has 0 amide bonds. The molecule has 1 aromatic heterocycles. The van der Waals surface area contributed by atoms with Crippen LogP contribution in [0.3, 0.4) is 0 Å². The molecule has 0 fully saturated rings. The molecule has 0 aliphatic heterocycles. The van der Waals surface area contributed by atoms with Gasteiger partial charge in [0.05, 0.1) is 11.0 Å². The van der Waals surface area contributed by atoms with Crippen LogP contribution >= 0.6 is 0 Å². The number of aromatic nitrogens is 2. The summed E-state index contributed by atoms with van der Waals surface area (Å²) in [5, 5.41) is 0. The third-order valence-corrected chi connectivity index (χ3v) is 3.00. The molecule has 1 heterocycles. The van der Waals surface area contributed by atoms with Gasteiger partial charge < -0.3 is 4.57 Å². The number of rotatable bonds is 3. The van der Waals surface area contributed by atoms with Gasteiger partial charge >= 0.3 is 6.18 Å². The lowest BCUT2D eigenvalue weighted by atomic mass is 10.2. The maximum atomic E-state index is 12.4. The van der Waals surface area contributed by atoms with Crippen molar-refractivity contribution in [1.82, 2.24) is 9.55 Å². The van der Waals surface area contributed by atoms with Gasteiger partial charge in [0.15, 0.2) is 0 Å². The van der Waals surface area contributed by atoms with Crippen LogP contribution in [0.5, 0.6) is 0 Å². The number of hydrogen-bond acceptors (Lipinski definition) is 1. The van der Waals surface area contributed by atoms with Gasteiger partial charge in [0.2, 0.25) is 5.82 Å². The van der Waals surface area contributed by atoms with Crippen LogP contribution in [0.25, 0.3) is 11.0 Å². The van der Waals surface area contributed by atoms with Crippen LogP contribution < -0.4 is 0 Å². The molecule has 0 atom stereocenters. The van der Waals surface area contributed by atoms with Crippen molar-refractivity contribution in [1.29, 1.82) is 0 Å². The summed E-state index contributed by atoms with van der Waals surface area (Å²) in [5.74, 6) is -0.862. The van der Waals surface area contributed by atoms with Crippen LogP contribution in [-0.2, 0) is 13.2 Å². The van der Waals surface area contributed by atoms with Crippen LogP contribution in [0.2, 0.25) is 0 Å². The molecule has 0 aliphatic carbocycles. The second-order valence-electron chi connectivity index (χ2n) is 4.69. The second-order valence-corrected chi connectivity index (χ2v) is 4.69. The molecule has 0 saturated carbocycles. The van der Waals surface area contributed by atoms with Crippen LogP contribution in [0.1, 0.15) is 45.4 Å². The quantitative estimate of drug-likeness (QED) is 0.711. The smallest absolute Gasteiger partial charge is 0.323 e. The molecular formula is C15H21F3N2. The molecule has 0 bridgehead atoms. The lowest BCUT2D eigenvalue weighted by molar-refractivity contribution is -0.146. The topological polar surface area (TPSA) is 17.8 Å². The Morgan fingerprint density at radius 3 is 2.05 bits per heavy atom. The van der Waals surface area contributed by atoms with E-state index in [4.69, 9.17) is 0 Å². The Morgan fingerprint density at radius 2 is 1.60 bits per heavy atom. The Morgan fingerprint density at radius 1 is 1.05 bits per heavy atom. The SMILES string of the molecule is CCCCCC.Cn1c(C(F)(F)F)nc2ccccc21. The van der Waals surface area contributed by atoms with E-state index >= 15 is 0 Å². The fraction of sp³-hybridized carbons (Fsp3) is 0.533. The molecule has 2 aromatic rings. The minimum atomic E-state index is -4.40. The molecule has 0 radical (unpaired) electrons. The fourth-order valence-corrected chi connectivity index (χ4v) is 1.90. The van der Waals surface area contributed by atoms with Gasteiger partial charge in [-0.05, 0) is 12.1 Å². The predicted molar refractivity (Wildman–Crippen MR) is 75.5 cm³/mol. The summed E-state index contributed by atoms with van der Waals surface area (Å²) >= 11 is 0. The first-order valence-electron chi connectivity index (χ1n) is 6.90. The Bertz CT molecular complexity index is 525. The van der Waals surface area contributed by atoms with Crippen molar-refractivity contribution in [2.75, 3.05) is 0 Å². The van der Waals surface area contributed by atoms with Crippen molar-refractivity contribution in [3.05, 3.63) is 30.1 Å². The van der Waals surface area contributed by atoms with E-state index in [1.54, 1.807) is 24.3 Å². The fourth-order valence-electron chi connectivity index (χ4n) is 1.90. The Balaban J connectivity index is 0.000000286. The zero-order valence-electron chi connectivity index (χ0n) is 12.2. The van der Waals surface area contributed by atoms with E-state index in [0.717, 1.165) is 4.57 Å². The number of benzene rings is 1. The van der Waals surface area contributed by atoms with E-state index in [-0.39, 0.29) is 0 Å². The molecule has 0 N–H and O–H groups in total. The molecular weight excluding hydrogens is 265 g/mol. The van der Waals surface area contributed by atoms with Gasteiger partial charge in [-0.15, -0.1) is 0 Å². The van der Waals surface area contributed by atoms with Crippen molar-refractivity contribution >= 4 is 11.0 Å². The van der Waals surface area contributed by atoms with Gasteiger partial charge in [0.25, 0.3) is 0 Å². The molecule has 0 unspecified atom stereocenters. The third kappa shape index (κ3) is 4.25. The van der Waals surface area contributed by atoms with Gasteiger partial charge in [0.1, 0.15) is 0 Å². The zero-order valence-corrected chi connectivity index (χ0v) is 12.2. The number of halogens is 3. The lowest BCUT2D eigenvalue weighted by Crippen LogP contribution is -2.12. The van der Waals surface area contributed by atoms with E-state index in [0.29, 0.717) is 11.0 Å². The molecule has 112 valence electrons. The normalized spacial score (nSPS) is 11.3. The first kappa shape index (κ1) is 16.5. The Hall–Kier alpha value is -1.52. The van der Waals surface area contributed by atoms with E-state index < -0.39 is 12.0 Å². The van der Waals surface area contributed by atoms with Crippen molar-refractivity contribution in [3.8, 4) is 0 Å². The van der Waals surface area contributed by atoms with E-state index in [1.807, 2.05) is 0 Å². The number of aryl methyl sites for hydroxylation is 1. The molecule has 1 aromatic carbocycles. The number of fused-ring (bicyclic) bond motifs is 1. The average molecular weight is 286 g/mol. The van der Waals surface area contributed by atoms with Crippen molar-refractivity contribution in [2.24, 2.45) is 7.05 Å². The second kappa shape index (κ2) is 7.31. The van der Waals surface area contributed by atoms with Crippen LogP contribution in [0, 0.1) is 0 Å². The molecule has 5 heteroatoms. The molecule has 0 saturated heterocycles. The first-order valence-corrected chi connectivity index (χ1v) is 6.90. The highest BCUT2D eigenvalue weighted by Crippen LogP contribution is 2.30. The van der Waals surface area contributed by atoms with Gasteiger partial charge in [-0.3, -0.25) is 0 Å². The van der Waals surface area contributed by atoms with Crippen molar-refractivity contribution in [3.63, 3.8) is 0 Å². The summed E-state index contributed by atoms with van der Waals surface area (Å²) in [6, 6.07) is 6.52. The van der Waals surface area contributed by atoms with Gasteiger partial charge in [0, 0.05) is 7.05 Å². The van der Waals surface area contributed by atoms with E-state index in [9.17, 15) is 13.2 Å². The number of nitrogens with zero attached hydrogens (tertiary/aromatic N) is 2. The van der Waals surface area contributed by atoms with Crippen LogP contribution in [0.4, 0.5) is 13.2 Å². The Kier molecular flexibility index (Phi) is 6.05. The minimum absolute atomic E-state index is 0.363. The van der Waals surface area contributed by atoms with Gasteiger partial charge in [-0.1, -0.05) is 51.7 Å². The largest absolute Gasteiger partial charge is 0.449 e. The van der Waals surface area contributed by atoms with Gasteiger partial charge in [-0.2, -0.15) is 13.2 Å². The summed E-state index contributed by atoms with van der Waals surface area (Å²) in [4.78, 5) is 3.52. The summed E-state index contributed by atoms with van der Waals surface area (Å²) in [5.41, 5.74) is 0.849. The Labute approximate surface area is 117 Å². The number of unbranched alkanes of at least 4 members (excludes halogenated alkanes) is 3. The average Bonchev–Trinajstić information content (AvgIpc) is 2.75. The highest BCUT2D eigenvalue weighted by atomic mass is 19.4. The minimum Gasteiger partial charge on any atom is -0.323 e. The number of hydrogen-bond donors (Lipinski definition) is 0. The van der Waals surface area contributed by atoms with Crippen LogP contribution in [0.15, 0.2) is 24.3 Å². The van der Waals surface area contributed by atoms with Crippen LogP contribution in [-0.4, -0.2) is 9.55 Å². The predicted octanol–water partition coefficient (Wildman–Crippen LogP) is 5.18. The first-order chi connectivity index (χ1) is 9.41. The standard InChI is InChI=1S/C9H7F3N2.C6H14/c1-14-7-5-3-2-4-6(7)13-8(14)9(10,11)12;1-3-5-6-4-2/h2-5H,1H3;3-6H2,1-2H3. The molecule has 0 spiro atoms. The lowest BCUT2D eigenvalue weighted by Gasteiger charge is -2.05. The number of alkyl halides is 3. The zero-order chi connectivity index (χ0) is 15.2. The highest BCUT2D eigenvalue weighted by Gasteiger charge is 2.36. The molecule has 20 heavy (non-hydrogen) atoms. The van der Waals surface area contributed by atoms with Crippen molar-refractivity contribution < 1.29 is 13.2 Å². The van der Waals surface area contributed by atoms with E-state index in [2.05, 4.69) is 18.8 Å².